The van der Waals surface area contributed by atoms with Crippen LogP contribution in [0.3, 0.4) is 0 Å². The molecule has 20 heavy (non-hydrogen) atoms. The van der Waals surface area contributed by atoms with Crippen molar-refractivity contribution < 1.29 is 13.2 Å². The number of rotatable bonds is 7. The van der Waals surface area contributed by atoms with Crippen molar-refractivity contribution in [2.24, 2.45) is 11.7 Å². The van der Waals surface area contributed by atoms with E-state index in [0.29, 0.717) is 25.6 Å². The van der Waals surface area contributed by atoms with Crippen molar-refractivity contribution in [1.29, 1.82) is 0 Å². The van der Waals surface area contributed by atoms with Gasteiger partial charge in [-0.05, 0) is 45.4 Å². The topological polar surface area (TPSA) is 72.6 Å². The molecule has 0 aromatic rings. The van der Waals surface area contributed by atoms with E-state index in [9.17, 15) is 8.42 Å². The minimum atomic E-state index is -3.08. The average Bonchev–Trinajstić information content (AvgIpc) is 2.38. The van der Waals surface area contributed by atoms with Crippen LogP contribution in [0.25, 0.3) is 0 Å². The lowest BCUT2D eigenvalue weighted by molar-refractivity contribution is -0.0521. The summed E-state index contributed by atoms with van der Waals surface area (Å²) in [4.78, 5) is 0. The van der Waals surface area contributed by atoms with E-state index < -0.39 is 10.0 Å². The van der Waals surface area contributed by atoms with Crippen LogP contribution >= 0.6 is 0 Å². The Morgan fingerprint density at radius 3 is 2.60 bits per heavy atom. The molecule has 0 radical (unpaired) electrons. The van der Waals surface area contributed by atoms with Gasteiger partial charge in [0.25, 0.3) is 0 Å². The fraction of sp³-hybridized carbons (Fsp3) is 1.00. The van der Waals surface area contributed by atoms with E-state index in [1.54, 1.807) is 4.31 Å². The zero-order valence-electron chi connectivity index (χ0n) is 13.3. The molecule has 3 unspecified atom stereocenters. The number of sulfonamides is 1. The lowest BCUT2D eigenvalue weighted by Gasteiger charge is -2.38. The molecule has 1 fully saturated rings. The molecule has 0 spiro atoms. The standard InChI is InChI=1S/C14H30N2O3S/c1-5-14(3,19-6-2)13(15)10-12-8-7-9-16(11-12)20(4,17)18/h12-13H,5-11,15H2,1-4H3. The third kappa shape index (κ3) is 4.69. The van der Waals surface area contributed by atoms with E-state index >= 15 is 0 Å². The maximum atomic E-state index is 11.6. The van der Waals surface area contributed by atoms with Crippen LogP contribution in [0.4, 0.5) is 0 Å². The Balaban J connectivity index is 2.63. The Kier molecular flexibility index (Phi) is 6.44. The maximum absolute atomic E-state index is 11.6. The molecule has 1 aliphatic heterocycles. The van der Waals surface area contributed by atoms with E-state index in [1.165, 1.54) is 6.26 Å². The zero-order valence-corrected chi connectivity index (χ0v) is 14.1. The van der Waals surface area contributed by atoms with Crippen LogP contribution in [0.5, 0.6) is 0 Å². The first-order valence-electron chi connectivity index (χ1n) is 7.57. The van der Waals surface area contributed by atoms with Crippen LogP contribution in [0.2, 0.25) is 0 Å². The van der Waals surface area contributed by atoms with Crippen molar-refractivity contribution in [2.75, 3.05) is 26.0 Å². The van der Waals surface area contributed by atoms with Crippen molar-refractivity contribution >= 4 is 10.0 Å². The van der Waals surface area contributed by atoms with Gasteiger partial charge in [0.15, 0.2) is 0 Å². The molecule has 0 amide bonds. The molecular formula is C14H30N2O3S. The molecule has 1 heterocycles. The van der Waals surface area contributed by atoms with Gasteiger partial charge in [0.05, 0.1) is 11.9 Å². The molecular weight excluding hydrogens is 276 g/mol. The highest BCUT2D eigenvalue weighted by atomic mass is 32.2. The third-order valence-electron chi connectivity index (χ3n) is 4.50. The van der Waals surface area contributed by atoms with Gasteiger partial charge in [0, 0.05) is 25.7 Å². The largest absolute Gasteiger partial charge is 0.374 e. The smallest absolute Gasteiger partial charge is 0.211 e. The van der Waals surface area contributed by atoms with E-state index in [-0.39, 0.29) is 11.6 Å². The summed E-state index contributed by atoms with van der Waals surface area (Å²) < 4.78 is 30.7. The van der Waals surface area contributed by atoms with Gasteiger partial charge in [-0.1, -0.05) is 6.92 Å². The molecule has 1 saturated heterocycles. The molecule has 0 aliphatic carbocycles. The Morgan fingerprint density at radius 1 is 1.45 bits per heavy atom. The lowest BCUT2D eigenvalue weighted by Crippen LogP contribution is -2.50. The molecule has 6 heteroatoms. The number of nitrogens with zero attached hydrogens (tertiary/aromatic N) is 1. The highest BCUT2D eigenvalue weighted by molar-refractivity contribution is 7.88. The molecule has 2 N–H and O–H groups in total. The van der Waals surface area contributed by atoms with Crippen molar-refractivity contribution in [3.63, 3.8) is 0 Å². The van der Waals surface area contributed by atoms with Crippen molar-refractivity contribution in [1.82, 2.24) is 4.31 Å². The predicted molar refractivity (Wildman–Crippen MR) is 82.1 cm³/mol. The van der Waals surface area contributed by atoms with Crippen molar-refractivity contribution in [2.45, 2.75) is 58.1 Å². The minimum absolute atomic E-state index is 0.0584. The second-order valence-corrected chi connectivity index (χ2v) is 8.05. The van der Waals surface area contributed by atoms with Gasteiger partial charge in [0.1, 0.15) is 0 Å². The summed E-state index contributed by atoms with van der Waals surface area (Å²) in [5.41, 5.74) is 6.02. The number of nitrogens with two attached hydrogens (primary N) is 1. The molecule has 120 valence electrons. The summed E-state index contributed by atoms with van der Waals surface area (Å²) in [5.74, 6) is 0.333. The molecule has 0 aromatic heterocycles. The molecule has 1 rings (SSSR count). The van der Waals surface area contributed by atoms with E-state index in [0.717, 1.165) is 25.7 Å². The van der Waals surface area contributed by atoms with Gasteiger partial charge in [-0.2, -0.15) is 0 Å². The Hall–Kier alpha value is -0.170. The van der Waals surface area contributed by atoms with Gasteiger partial charge < -0.3 is 10.5 Å². The van der Waals surface area contributed by atoms with Gasteiger partial charge in [-0.3, -0.25) is 0 Å². The Bertz CT molecular complexity index is 399. The molecule has 0 bridgehead atoms. The van der Waals surface area contributed by atoms with Gasteiger partial charge in [0.2, 0.25) is 10.0 Å². The highest BCUT2D eigenvalue weighted by Gasteiger charge is 2.34. The van der Waals surface area contributed by atoms with Crippen molar-refractivity contribution in [3.8, 4) is 0 Å². The maximum Gasteiger partial charge on any atom is 0.211 e. The Labute approximate surface area is 123 Å². The SMILES string of the molecule is CCOC(C)(CC)C(N)CC1CCCN(S(C)(=O)=O)C1. The predicted octanol–water partition coefficient (Wildman–Crippen LogP) is 1.58. The average molecular weight is 306 g/mol. The van der Waals surface area contributed by atoms with E-state index in [1.807, 2.05) is 6.92 Å². The van der Waals surface area contributed by atoms with Gasteiger partial charge >= 0.3 is 0 Å². The fourth-order valence-corrected chi connectivity index (χ4v) is 3.87. The van der Waals surface area contributed by atoms with Crippen molar-refractivity contribution in [3.05, 3.63) is 0 Å². The van der Waals surface area contributed by atoms with Gasteiger partial charge in [-0.25, -0.2) is 12.7 Å². The van der Waals surface area contributed by atoms with Crippen LogP contribution in [0, 0.1) is 5.92 Å². The second-order valence-electron chi connectivity index (χ2n) is 6.07. The molecule has 0 aromatic carbocycles. The number of piperidine rings is 1. The van der Waals surface area contributed by atoms with E-state index in [4.69, 9.17) is 10.5 Å². The second kappa shape index (κ2) is 7.20. The number of ether oxygens (including phenoxy) is 1. The fourth-order valence-electron chi connectivity index (χ4n) is 2.93. The quantitative estimate of drug-likeness (QED) is 0.775. The van der Waals surface area contributed by atoms with Crippen LogP contribution in [-0.4, -0.2) is 50.3 Å². The number of hydrogen-bond acceptors (Lipinski definition) is 4. The summed E-state index contributed by atoms with van der Waals surface area (Å²) in [5, 5.41) is 0. The minimum Gasteiger partial charge on any atom is -0.374 e. The van der Waals surface area contributed by atoms with Crippen LogP contribution in [0.1, 0.15) is 46.5 Å². The lowest BCUT2D eigenvalue weighted by atomic mass is 9.84. The zero-order chi connectivity index (χ0) is 15.4. The summed E-state index contributed by atoms with van der Waals surface area (Å²) in [7, 11) is -3.08. The third-order valence-corrected chi connectivity index (χ3v) is 5.77. The van der Waals surface area contributed by atoms with E-state index in [2.05, 4.69) is 13.8 Å². The molecule has 5 nitrogen and oxygen atoms in total. The summed E-state index contributed by atoms with van der Waals surface area (Å²) in [6.07, 6.45) is 4.93. The highest BCUT2D eigenvalue weighted by Crippen LogP contribution is 2.28. The van der Waals surface area contributed by atoms with Crippen LogP contribution in [-0.2, 0) is 14.8 Å². The molecule has 0 saturated carbocycles. The summed E-state index contributed by atoms with van der Waals surface area (Å²) >= 11 is 0. The summed E-state index contributed by atoms with van der Waals surface area (Å²) in [6.45, 7) is 8.00. The first kappa shape index (κ1) is 17.9. The first-order chi connectivity index (χ1) is 9.23. The summed E-state index contributed by atoms with van der Waals surface area (Å²) in [6, 6.07) is -0.0584. The Morgan fingerprint density at radius 2 is 2.10 bits per heavy atom. The van der Waals surface area contributed by atoms with Crippen LogP contribution in [0.15, 0.2) is 0 Å². The number of hydrogen-bond donors (Lipinski definition) is 1. The molecule has 3 atom stereocenters. The normalized spacial score (nSPS) is 26.1. The monoisotopic (exact) mass is 306 g/mol. The first-order valence-corrected chi connectivity index (χ1v) is 9.42. The van der Waals surface area contributed by atoms with Crippen LogP contribution < -0.4 is 5.73 Å². The van der Waals surface area contributed by atoms with Gasteiger partial charge in [-0.15, -0.1) is 0 Å². The molecule has 1 aliphatic rings.